The molecular formula is C19H14F3NO4S. The number of benzene rings is 2. The lowest BCUT2D eigenvalue weighted by Crippen LogP contribution is -2.06. The summed E-state index contributed by atoms with van der Waals surface area (Å²) in [5.74, 6) is -0.734. The zero-order chi connectivity index (χ0) is 20.3. The van der Waals surface area contributed by atoms with Crippen molar-refractivity contribution in [3.8, 4) is 16.9 Å². The van der Waals surface area contributed by atoms with Crippen molar-refractivity contribution >= 4 is 23.6 Å². The lowest BCUT2D eigenvalue weighted by Gasteiger charge is -2.15. The fourth-order valence-electron chi connectivity index (χ4n) is 2.47. The molecule has 0 saturated heterocycles. The van der Waals surface area contributed by atoms with Crippen LogP contribution in [-0.4, -0.2) is 18.2 Å². The Morgan fingerprint density at radius 1 is 1.18 bits per heavy atom. The predicted octanol–water partition coefficient (Wildman–Crippen LogP) is 5.79. The van der Waals surface area contributed by atoms with E-state index in [0.29, 0.717) is 21.8 Å². The Kier molecular flexibility index (Phi) is 5.55. The summed E-state index contributed by atoms with van der Waals surface area (Å²) < 4.78 is 52.5. The second-order valence-corrected chi connectivity index (χ2v) is 6.49. The molecule has 0 aliphatic rings. The van der Waals surface area contributed by atoms with Crippen LogP contribution in [-0.2, 0) is 6.18 Å². The predicted molar refractivity (Wildman–Crippen MR) is 98.6 cm³/mol. The number of ether oxygens (including phenoxy) is 1. The molecule has 9 heteroatoms. The van der Waals surface area contributed by atoms with Gasteiger partial charge < -0.3 is 19.0 Å². The first-order valence-corrected chi connectivity index (χ1v) is 8.69. The van der Waals surface area contributed by atoms with Crippen LogP contribution in [0.4, 0.5) is 18.9 Å². The average molecular weight is 409 g/mol. The van der Waals surface area contributed by atoms with Crippen LogP contribution >= 0.6 is 11.9 Å². The Balaban J connectivity index is 1.97. The minimum Gasteiger partial charge on any atom is -0.496 e. The number of furan rings is 1. The van der Waals surface area contributed by atoms with Gasteiger partial charge in [-0.15, -0.1) is 0 Å². The van der Waals surface area contributed by atoms with Gasteiger partial charge >= 0.3 is 12.1 Å². The molecule has 2 N–H and O–H groups in total. The summed E-state index contributed by atoms with van der Waals surface area (Å²) in [6, 6.07) is 9.20. The number of halogens is 3. The quantitative estimate of drug-likeness (QED) is 0.502. The molecule has 0 aliphatic carbocycles. The van der Waals surface area contributed by atoms with E-state index in [1.807, 2.05) is 0 Å². The summed E-state index contributed by atoms with van der Waals surface area (Å²) >= 11 is 0.951. The van der Waals surface area contributed by atoms with Gasteiger partial charge in [-0.2, -0.15) is 13.2 Å². The maximum Gasteiger partial charge on any atom is 0.416 e. The van der Waals surface area contributed by atoms with Crippen molar-refractivity contribution in [3.05, 3.63) is 66.1 Å². The molecule has 0 aliphatic heterocycles. The monoisotopic (exact) mass is 409 g/mol. The number of carboxylic acid groups (broad SMARTS) is 1. The van der Waals surface area contributed by atoms with Crippen LogP contribution < -0.4 is 9.46 Å². The first-order chi connectivity index (χ1) is 13.3. The molecule has 146 valence electrons. The maximum absolute atomic E-state index is 13.1. The number of hydrogen-bond donors (Lipinski definition) is 2. The number of alkyl halides is 3. The Bertz CT molecular complexity index is 987. The van der Waals surface area contributed by atoms with Gasteiger partial charge in [0.15, 0.2) is 0 Å². The third-order valence-corrected chi connectivity index (χ3v) is 4.72. The Morgan fingerprint density at radius 2 is 1.96 bits per heavy atom. The van der Waals surface area contributed by atoms with E-state index in [0.717, 1.165) is 24.1 Å². The average Bonchev–Trinajstić information content (AvgIpc) is 3.19. The lowest BCUT2D eigenvalue weighted by atomic mass is 10.0. The number of rotatable bonds is 6. The van der Waals surface area contributed by atoms with Crippen molar-refractivity contribution in [2.75, 3.05) is 11.8 Å². The van der Waals surface area contributed by atoms with Crippen LogP contribution in [0.3, 0.4) is 0 Å². The third kappa shape index (κ3) is 4.25. The van der Waals surface area contributed by atoms with E-state index in [2.05, 4.69) is 4.72 Å². The Morgan fingerprint density at radius 3 is 2.57 bits per heavy atom. The molecule has 1 aromatic heterocycles. The van der Waals surface area contributed by atoms with E-state index in [4.69, 9.17) is 14.3 Å². The van der Waals surface area contributed by atoms with Crippen molar-refractivity contribution in [1.82, 2.24) is 0 Å². The highest BCUT2D eigenvalue weighted by Gasteiger charge is 2.31. The molecule has 1 heterocycles. The van der Waals surface area contributed by atoms with Crippen LogP contribution in [0.15, 0.2) is 64.3 Å². The highest BCUT2D eigenvalue weighted by Crippen LogP contribution is 2.39. The van der Waals surface area contributed by atoms with Gasteiger partial charge in [0.2, 0.25) is 0 Å². The molecule has 0 atom stereocenters. The smallest absolute Gasteiger partial charge is 0.416 e. The second kappa shape index (κ2) is 7.89. The molecule has 28 heavy (non-hydrogen) atoms. The standard InChI is InChI=1S/C19H14F3NO4S/c1-26-16-5-2-11(18(24)25)8-17(16)28-23-15-9-13(19(20,21)22)3-4-14(15)12-6-7-27-10-12/h2-10,23H,1H3,(H,24,25). The largest absolute Gasteiger partial charge is 0.496 e. The topological polar surface area (TPSA) is 71.7 Å². The minimum absolute atomic E-state index is 0.0317. The van der Waals surface area contributed by atoms with Crippen molar-refractivity contribution in [2.24, 2.45) is 0 Å². The van der Waals surface area contributed by atoms with Crippen LogP contribution in [0.25, 0.3) is 11.1 Å². The second-order valence-electron chi connectivity index (χ2n) is 5.65. The summed E-state index contributed by atoms with van der Waals surface area (Å²) in [6.07, 6.45) is -1.66. The van der Waals surface area contributed by atoms with Gasteiger partial charge in [-0.3, -0.25) is 0 Å². The molecule has 0 fully saturated rings. The van der Waals surface area contributed by atoms with Crippen LogP contribution in [0.2, 0.25) is 0 Å². The van der Waals surface area contributed by atoms with Gasteiger partial charge in [0.1, 0.15) is 5.75 Å². The highest BCUT2D eigenvalue weighted by atomic mass is 32.2. The van der Waals surface area contributed by atoms with E-state index in [1.54, 1.807) is 6.07 Å². The van der Waals surface area contributed by atoms with Gasteiger partial charge in [0, 0.05) is 11.1 Å². The van der Waals surface area contributed by atoms with Crippen LogP contribution in [0.5, 0.6) is 5.75 Å². The molecule has 0 saturated carbocycles. The van der Waals surface area contributed by atoms with Gasteiger partial charge in [0.25, 0.3) is 0 Å². The van der Waals surface area contributed by atoms with E-state index >= 15 is 0 Å². The van der Waals surface area contributed by atoms with Gasteiger partial charge in [-0.05, 0) is 48.3 Å². The Labute approximate surface area is 162 Å². The maximum atomic E-state index is 13.1. The molecule has 3 rings (SSSR count). The molecule has 0 spiro atoms. The SMILES string of the molecule is COc1ccc(C(=O)O)cc1SNc1cc(C(F)(F)F)ccc1-c1ccoc1. The number of methoxy groups -OCH3 is 1. The zero-order valence-corrected chi connectivity index (χ0v) is 15.2. The highest BCUT2D eigenvalue weighted by molar-refractivity contribution is 8.00. The fraction of sp³-hybridized carbons (Fsp3) is 0.105. The molecule has 0 unspecified atom stereocenters. The molecule has 5 nitrogen and oxygen atoms in total. The number of hydrogen-bond acceptors (Lipinski definition) is 5. The van der Waals surface area contributed by atoms with Crippen molar-refractivity contribution in [3.63, 3.8) is 0 Å². The van der Waals surface area contributed by atoms with Crippen molar-refractivity contribution < 1.29 is 32.2 Å². The number of aromatic carboxylic acids is 1. The van der Waals surface area contributed by atoms with Crippen LogP contribution in [0, 0.1) is 0 Å². The normalized spacial score (nSPS) is 11.3. The summed E-state index contributed by atoms with van der Waals surface area (Å²) in [7, 11) is 1.42. The van der Waals surface area contributed by atoms with Crippen LogP contribution in [0.1, 0.15) is 15.9 Å². The Hall–Kier alpha value is -3.07. The molecule has 2 aromatic carbocycles. The van der Waals surface area contributed by atoms with E-state index in [1.165, 1.54) is 43.9 Å². The summed E-state index contributed by atoms with van der Waals surface area (Å²) in [6.45, 7) is 0. The van der Waals surface area contributed by atoms with Crippen molar-refractivity contribution in [2.45, 2.75) is 11.1 Å². The summed E-state index contributed by atoms with van der Waals surface area (Å²) in [5, 5.41) is 9.15. The first kappa shape index (κ1) is 19.7. The van der Waals surface area contributed by atoms with Crippen molar-refractivity contribution in [1.29, 1.82) is 0 Å². The van der Waals surface area contributed by atoms with E-state index < -0.39 is 17.7 Å². The summed E-state index contributed by atoms with van der Waals surface area (Å²) in [4.78, 5) is 11.6. The van der Waals surface area contributed by atoms with E-state index in [-0.39, 0.29) is 11.3 Å². The van der Waals surface area contributed by atoms with Gasteiger partial charge in [-0.25, -0.2) is 4.79 Å². The molecule has 0 radical (unpaired) electrons. The minimum atomic E-state index is -4.50. The van der Waals surface area contributed by atoms with Gasteiger partial charge in [-0.1, -0.05) is 6.07 Å². The number of carboxylic acids is 1. The fourth-order valence-corrected chi connectivity index (χ4v) is 3.30. The van der Waals surface area contributed by atoms with E-state index in [9.17, 15) is 18.0 Å². The number of anilines is 1. The molecule has 0 amide bonds. The number of nitrogens with one attached hydrogen (secondary N) is 1. The lowest BCUT2D eigenvalue weighted by molar-refractivity contribution is -0.137. The molecular weight excluding hydrogens is 395 g/mol. The molecule has 3 aromatic rings. The first-order valence-electron chi connectivity index (χ1n) is 7.87. The third-order valence-electron chi connectivity index (χ3n) is 3.86. The van der Waals surface area contributed by atoms with Gasteiger partial charge in [0.05, 0.1) is 41.3 Å². The number of carbonyl (C=O) groups is 1. The summed E-state index contributed by atoms with van der Waals surface area (Å²) in [5.41, 5.74) is 0.521. The zero-order valence-electron chi connectivity index (χ0n) is 14.4. The molecule has 0 bridgehead atoms.